The zero-order valence-electron chi connectivity index (χ0n) is 13.0. The molecule has 1 aliphatic rings. The van der Waals surface area contributed by atoms with Crippen molar-refractivity contribution in [1.29, 1.82) is 0 Å². The second kappa shape index (κ2) is 7.03. The molecule has 1 aromatic carbocycles. The van der Waals surface area contributed by atoms with Crippen molar-refractivity contribution in [2.24, 2.45) is 5.92 Å². The van der Waals surface area contributed by atoms with Crippen LogP contribution in [0.3, 0.4) is 0 Å². The lowest BCUT2D eigenvalue weighted by Crippen LogP contribution is -2.23. The van der Waals surface area contributed by atoms with E-state index in [1.54, 1.807) is 0 Å². The van der Waals surface area contributed by atoms with Crippen LogP contribution in [0.2, 0.25) is 0 Å². The average Bonchev–Trinajstić information content (AvgIpc) is 3.14. The molecule has 1 N–H and O–H groups in total. The van der Waals surface area contributed by atoms with Gasteiger partial charge in [-0.2, -0.15) is 4.98 Å². The van der Waals surface area contributed by atoms with Crippen LogP contribution in [0.25, 0.3) is 0 Å². The fraction of sp³-hybridized carbons (Fsp3) is 0.529. The van der Waals surface area contributed by atoms with E-state index in [1.165, 1.54) is 5.56 Å². The van der Waals surface area contributed by atoms with E-state index in [2.05, 4.69) is 39.3 Å². The number of aryl methyl sites for hydroxylation is 2. The lowest BCUT2D eigenvalue weighted by atomic mass is 9.97. The van der Waals surface area contributed by atoms with Crippen molar-refractivity contribution in [3.8, 4) is 0 Å². The molecule has 1 aromatic heterocycles. The highest BCUT2D eigenvalue weighted by Crippen LogP contribution is 2.31. The third-order valence-electron chi connectivity index (χ3n) is 4.39. The maximum absolute atomic E-state index is 9.61. The van der Waals surface area contributed by atoms with Crippen molar-refractivity contribution in [1.82, 2.24) is 15.0 Å². The maximum atomic E-state index is 9.61. The van der Waals surface area contributed by atoms with Crippen LogP contribution in [0.4, 0.5) is 0 Å². The van der Waals surface area contributed by atoms with Gasteiger partial charge in [0.15, 0.2) is 5.82 Å². The first-order valence-corrected chi connectivity index (χ1v) is 7.93. The number of nitrogens with zero attached hydrogens (tertiary/aromatic N) is 3. The van der Waals surface area contributed by atoms with E-state index < -0.39 is 0 Å². The normalized spacial score (nSPS) is 22.3. The van der Waals surface area contributed by atoms with Crippen LogP contribution in [-0.4, -0.2) is 46.4 Å². The average molecular weight is 301 g/mol. The minimum Gasteiger partial charge on any atom is -0.396 e. The highest BCUT2D eigenvalue weighted by molar-refractivity contribution is 5.14. The highest BCUT2D eigenvalue weighted by atomic mass is 16.5. The Labute approximate surface area is 131 Å². The first-order chi connectivity index (χ1) is 10.8. The molecule has 22 heavy (non-hydrogen) atoms. The summed E-state index contributed by atoms with van der Waals surface area (Å²) in [7, 11) is 0. The number of hydrogen-bond donors (Lipinski definition) is 1. The summed E-state index contributed by atoms with van der Waals surface area (Å²) in [6.45, 7) is 4.82. The zero-order valence-corrected chi connectivity index (χ0v) is 13.0. The van der Waals surface area contributed by atoms with Gasteiger partial charge in [0.05, 0.1) is 5.92 Å². The van der Waals surface area contributed by atoms with Crippen LogP contribution >= 0.6 is 0 Å². The van der Waals surface area contributed by atoms with Gasteiger partial charge in [-0.15, -0.1) is 0 Å². The molecule has 2 heterocycles. The summed E-state index contributed by atoms with van der Waals surface area (Å²) in [4.78, 5) is 6.73. The topological polar surface area (TPSA) is 62.4 Å². The Morgan fingerprint density at radius 3 is 2.77 bits per heavy atom. The molecule has 118 valence electrons. The van der Waals surface area contributed by atoms with Crippen LogP contribution in [0, 0.1) is 12.8 Å². The smallest absolute Gasteiger partial charge is 0.231 e. The second-order valence-corrected chi connectivity index (χ2v) is 6.08. The van der Waals surface area contributed by atoms with Crippen LogP contribution in [0.15, 0.2) is 34.9 Å². The molecular weight excluding hydrogens is 278 g/mol. The van der Waals surface area contributed by atoms with Crippen molar-refractivity contribution in [3.63, 3.8) is 0 Å². The lowest BCUT2D eigenvalue weighted by molar-refractivity contribution is 0.205. The van der Waals surface area contributed by atoms with Gasteiger partial charge in [0.2, 0.25) is 5.89 Å². The van der Waals surface area contributed by atoms with Crippen molar-refractivity contribution in [3.05, 3.63) is 47.6 Å². The summed E-state index contributed by atoms with van der Waals surface area (Å²) in [5.41, 5.74) is 1.38. The first kappa shape index (κ1) is 15.2. The molecule has 5 nitrogen and oxygen atoms in total. The molecule has 3 rings (SSSR count). The Hall–Kier alpha value is -1.72. The summed E-state index contributed by atoms with van der Waals surface area (Å²) in [5, 5.41) is 13.5. The Bertz CT molecular complexity index is 585. The lowest BCUT2D eigenvalue weighted by Gasteiger charge is -2.15. The van der Waals surface area contributed by atoms with Gasteiger partial charge in [-0.05, 0) is 31.9 Å². The molecular formula is C17H23N3O2. The van der Waals surface area contributed by atoms with Crippen LogP contribution in [0.1, 0.15) is 29.6 Å². The quantitative estimate of drug-likeness (QED) is 0.884. The maximum Gasteiger partial charge on any atom is 0.231 e. The van der Waals surface area contributed by atoms with E-state index in [0.717, 1.165) is 32.5 Å². The van der Waals surface area contributed by atoms with Gasteiger partial charge in [0, 0.05) is 25.6 Å². The van der Waals surface area contributed by atoms with E-state index >= 15 is 0 Å². The van der Waals surface area contributed by atoms with Gasteiger partial charge in [-0.1, -0.05) is 35.5 Å². The Balaban J connectivity index is 1.53. The predicted molar refractivity (Wildman–Crippen MR) is 83.6 cm³/mol. The van der Waals surface area contributed by atoms with Crippen LogP contribution in [0.5, 0.6) is 0 Å². The largest absolute Gasteiger partial charge is 0.396 e. The second-order valence-electron chi connectivity index (χ2n) is 6.08. The number of aliphatic hydroxyl groups excluding tert-OH is 1. The molecule has 0 spiro atoms. The molecule has 1 aliphatic heterocycles. The summed E-state index contributed by atoms with van der Waals surface area (Å²) >= 11 is 0. The molecule has 2 atom stereocenters. The number of aromatic nitrogens is 2. The third kappa shape index (κ3) is 3.54. The third-order valence-corrected chi connectivity index (χ3v) is 4.39. The van der Waals surface area contributed by atoms with E-state index in [4.69, 9.17) is 4.52 Å². The summed E-state index contributed by atoms with van der Waals surface area (Å²) in [5.74, 6) is 1.68. The van der Waals surface area contributed by atoms with Crippen molar-refractivity contribution >= 4 is 0 Å². The van der Waals surface area contributed by atoms with Crippen molar-refractivity contribution < 1.29 is 9.63 Å². The molecule has 1 fully saturated rings. The van der Waals surface area contributed by atoms with Gasteiger partial charge >= 0.3 is 0 Å². The Morgan fingerprint density at radius 2 is 2.09 bits per heavy atom. The van der Waals surface area contributed by atoms with E-state index in [0.29, 0.717) is 11.7 Å². The molecule has 0 aliphatic carbocycles. The van der Waals surface area contributed by atoms with Crippen molar-refractivity contribution in [2.45, 2.75) is 25.7 Å². The SMILES string of the molecule is Cc1noc([C@@H]2CN(CCCc3ccccc3)C[C@H]2CO)n1. The number of benzene rings is 1. The Kier molecular flexibility index (Phi) is 4.85. The minimum absolute atomic E-state index is 0.155. The van der Waals surface area contributed by atoms with Crippen molar-refractivity contribution in [2.75, 3.05) is 26.2 Å². The minimum atomic E-state index is 0.155. The van der Waals surface area contributed by atoms with Crippen LogP contribution < -0.4 is 0 Å². The van der Waals surface area contributed by atoms with E-state index in [-0.39, 0.29) is 18.4 Å². The van der Waals surface area contributed by atoms with Gasteiger partial charge in [0.25, 0.3) is 0 Å². The van der Waals surface area contributed by atoms with Gasteiger partial charge in [0.1, 0.15) is 0 Å². The number of rotatable bonds is 6. The predicted octanol–water partition coefficient (Wildman–Crippen LogP) is 2.02. The monoisotopic (exact) mass is 301 g/mol. The van der Waals surface area contributed by atoms with E-state index in [1.807, 2.05) is 13.0 Å². The van der Waals surface area contributed by atoms with Gasteiger partial charge < -0.3 is 14.5 Å². The van der Waals surface area contributed by atoms with Crippen LogP contribution in [-0.2, 0) is 6.42 Å². The molecule has 0 bridgehead atoms. The van der Waals surface area contributed by atoms with E-state index in [9.17, 15) is 5.11 Å². The zero-order chi connectivity index (χ0) is 15.4. The summed E-state index contributed by atoms with van der Waals surface area (Å²) in [6, 6.07) is 10.6. The number of likely N-dealkylation sites (tertiary alicyclic amines) is 1. The summed E-state index contributed by atoms with van der Waals surface area (Å²) in [6.07, 6.45) is 2.21. The molecule has 5 heteroatoms. The number of aliphatic hydroxyl groups is 1. The molecule has 0 saturated carbocycles. The summed E-state index contributed by atoms with van der Waals surface area (Å²) < 4.78 is 5.30. The fourth-order valence-corrected chi connectivity index (χ4v) is 3.22. The van der Waals surface area contributed by atoms with Gasteiger partial charge in [-0.25, -0.2) is 0 Å². The molecule has 0 radical (unpaired) electrons. The molecule has 1 saturated heterocycles. The highest BCUT2D eigenvalue weighted by Gasteiger charge is 2.36. The molecule has 0 amide bonds. The standard InChI is InChI=1S/C17H23N3O2/c1-13-18-17(22-19-13)16-11-20(10-15(16)12-21)9-5-8-14-6-3-2-4-7-14/h2-4,6-7,15-16,21H,5,8-12H2,1H3/t15-,16+/m0/s1. The molecule has 0 unspecified atom stereocenters. The molecule has 2 aromatic rings. The Morgan fingerprint density at radius 1 is 1.27 bits per heavy atom. The first-order valence-electron chi connectivity index (χ1n) is 7.93. The van der Waals surface area contributed by atoms with Gasteiger partial charge in [-0.3, -0.25) is 0 Å². The number of hydrogen-bond acceptors (Lipinski definition) is 5. The fourth-order valence-electron chi connectivity index (χ4n) is 3.22.